The van der Waals surface area contributed by atoms with Crippen molar-refractivity contribution in [1.29, 1.82) is 0 Å². The Balaban J connectivity index is 1.70. The highest BCUT2D eigenvalue weighted by Gasteiger charge is 2.46. The lowest BCUT2D eigenvalue weighted by Gasteiger charge is -2.21. The summed E-state index contributed by atoms with van der Waals surface area (Å²) in [7, 11) is 0. The molecule has 1 amide bonds. The molecule has 2 aliphatic rings. The van der Waals surface area contributed by atoms with Crippen LogP contribution in [0.4, 0.5) is 10.2 Å². The van der Waals surface area contributed by atoms with Gasteiger partial charge in [0.1, 0.15) is 17.3 Å². The first kappa shape index (κ1) is 16.3. The van der Waals surface area contributed by atoms with Crippen LogP contribution in [0.2, 0.25) is 5.28 Å². The monoisotopic (exact) mass is 360 g/mol. The Morgan fingerprint density at radius 3 is 2.52 bits per heavy atom. The summed E-state index contributed by atoms with van der Waals surface area (Å²) in [6.45, 7) is 4.39. The minimum Gasteiger partial charge on any atom is -0.360 e. The highest BCUT2D eigenvalue weighted by molar-refractivity contribution is 6.28. The zero-order chi connectivity index (χ0) is 17.8. The van der Waals surface area contributed by atoms with Crippen molar-refractivity contribution in [1.82, 2.24) is 14.9 Å². The molecule has 0 bridgehead atoms. The molecule has 0 saturated heterocycles. The van der Waals surface area contributed by atoms with Crippen molar-refractivity contribution in [3.8, 4) is 0 Å². The fraction of sp³-hybridized carbons (Fsp3) is 0.389. The van der Waals surface area contributed by atoms with Crippen LogP contribution in [0.15, 0.2) is 24.3 Å². The summed E-state index contributed by atoms with van der Waals surface area (Å²) >= 11 is 6.05. The number of anilines is 1. The van der Waals surface area contributed by atoms with Gasteiger partial charge in [-0.15, -0.1) is 0 Å². The SMILES string of the molecule is CC(C)N1Cc2c(NC3(c4ccc(F)cc4)CC3)nc(Cl)nc2C1=O. The minimum absolute atomic E-state index is 0.0510. The second kappa shape index (κ2) is 5.66. The zero-order valence-corrected chi connectivity index (χ0v) is 14.8. The van der Waals surface area contributed by atoms with E-state index in [1.807, 2.05) is 13.8 Å². The molecule has 1 saturated carbocycles. The molecule has 2 heterocycles. The number of nitrogens with zero attached hydrogens (tertiary/aromatic N) is 3. The number of aromatic nitrogens is 2. The van der Waals surface area contributed by atoms with E-state index in [0.717, 1.165) is 24.0 Å². The standard InChI is InChI=1S/C18H18ClFN4O/c1-10(2)24-9-13-14(16(24)25)21-17(19)22-15(13)23-18(7-8-18)11-3-5-12(20)6-4-11/h3-6,10H,7-9H2,1-2H3,(H,21,22,23). The number of hydrogen-bond donors (Lipinski definition) is 1. The van der Waals surface area contributed by atoms with Gasteiger partial charge in [0.05, 0.1) is 12.1 Å². The Bertz CT molecular complexity index is 849. The quantitative estimate of drug-likeness (QED) is 0.844. The Morgan fingerprint density at radius 2 is 1.92 bits per heavy atom. The second-order valence-corrected chi connectivity index (χ2v) is 7.25. The first-order chi connectivity index (χ1) is 11.9. The number of nitrogens with one attached hydrogen (secondary N) is 1. The highest BCUT2D eigenvalue weighted by Crippen LogP contribution is 2.49. The molecule has 4 rings (SSSR count). The maximum Gasteiger partial charge on any atom is 0.273 e. The van der Waals surface area contributed by atoms with Gasteiger partial charge in [0.15, 0.2) is 0 Å². The van der Waals surface area contributed by atoms with Gasteiger partial charge in [-0.1, -0.05) is 12.1 Å². The summed E-state index contributed by atoms with van der Waals surface area (Å²) < 4.78 is 13.2. The second-order valence-electron chi connectivity index (χ2n) is 6.91. The summed E-state index contributed by atoms with van der Waals surface area (Å²) in [5, 5.41) is 3.50. The van der Waals surface area contributed by atoms with E-state index in [2.05, 4.69) is 15.3 Å². The first-order valence-corrected chi connectivity index (χ1v) is 8.69. The first-order valence-electron chi connectivity index (χ1n) is 8.31. The normalized spacial score (nSPS) is 17.8. The van der Waals surface area contributed by atoms with Crippen LogP contribution in [0, 0.1) is 5.82 Å². The number of halogens is 2. The number of fused-ring (bicyclic) bond motifs is 1. The fourth-order valence-electron chi connectivity index (χ4n) is 3.29. The number of amides is 1. The van der Waals surface area contributed by atoms with E-state index >= 15 is 0 Å². The van der Waals surface area contributed by atoms with Crippen LogP contribution in [0.3, 0.4) is 0 Å². The molecular weight excluding hydrogens is 343 g/mol. The van der Waals surface area contributed by atoms with E-state index in [1.165, 1.54) is 12.1 Å². The minimum atomic E-state index is -0.284. The van der Waals surface area contributed by atoms with Gasteiger partial charge >= 0.3 is 0 Å². The van der Waals surface area contributed by atoms with Gasteiger partial charge in [-0.05, 0) is 56.0 Å². The molecule has 0 unspecified atom stereocenters. The van der Waals surface area contributed by atoms with Crippen LogP contribution >= 0.6 is 11.6 Å². The molecule has 5 nitrogen and oxygen atoms in total. The summed E-state index contributed by atoms with van der Waals surface area (Å²) in [6.07, 6.45) is 1.83. The maximum atomic E-state index is 13.2. The summed E-state index contributed by atoms with van der Waals surface area (Å²) in [5.74, 6) is 0.209. The number of benzene rings is 1. The third-order valence-electron chi connectivity index (χ3n) is 4.90. The Hall–Kier alpha value is -2.21. The Labute approximate surface area is 150 Å². The molecule has 1 fully saturated rings. The van der Waals surface area contributed by atoms with Crippen molar-refractivity contribution in [2.45, 2.75) is 44.8 Å². The van der Waals surface area contributed by atoms with Crippen molar-refractivity contribution in [3.05, 3.63) is 52.2 Å². The predicted octanol–water partition coefficient (Wildman–Crippen LogP) is 3.73. The highest BCUT2D eigenvalue weighted by atomic mass is 35.5. The van der Waals surface area contributed by atoms with E-state index in [4.69, 9.17) is 11.6 Å². The molecule has 1 aromatic heterocycles. The van der Waals surface area contributed by atoms with Crippen molar-refractivity contribution >= 4 is 23.3 Å². The van der Waals surface area contributed by atoms with Gasteiger partial charge in [-0.2, -0.15) is 0 Å². The zero-order valence-electron chi connectivity index (χ0n) is 14.0. The van der Waals surface area contributed by atoms with Crippen LogP contribution in [0.25, 0.3) is 0 Å². The van der Waals surface area contributed by atoms with Crippen molar-refractivity contribution in [2.75, 3.05) is 5.32 Å². The van der Waals surface area contributed by atoms with Crippen LogP contribution < -0.4 is 5.32 Å². The van der Waals surface area contributed by atoms with Gasteiger partial charge in [0, 0.05) is 11.6 Å². The van der Waals surface area contributed by atoms with Crippen LogP contribution in [-0.2, 0) is 12.1 Å². The van der Waals surface area contributed by atoms with Crippen LogP contribution in [0.5, 0.6) is 0 Å². The summed E-state index contributed by atoms with van der Waals surface area (Å²) in [4.78, 5) is 22.8. The molecule has 0 atom stereocenters. The smallest absolute Gasteiger partial charge is 0.273 e. The average Bonchev–Trinajstić information content (AvgIpc) is 3.26. The van der Waals surface area contributed by atoms with Gasteiger partial charge in [0.25, 0.3) is 5.91 Å². The van der Waals surface area contributed by atoms with Crippen molar-refractivity contribution < 1.29 is 9.18 Å². The van der Waals surface area contributed by atoms with E-state index in [-0.39, 0.29) is 28.6 Å². The predicted molar refractivity (Wildman–Crippen MR) is 93.0 cm³/mol. The lowest BCUT2D eigenvalue weighted by Crippen LogP contribution is -2.31. The van der Waals surface area contributed by atoms with Gasteiger partial charge in [0.2, 0.25) is 5.28 Å². The molecular formula is C18H18ClFN4O. The van der Waals surface area contributed by atoms with Crippen LogP contribution in [0.1, 0.15) is 48.3 Å². The van der Waals surface area contributed by atoms with Gasteiger partial charge in [-0.25, -0.2) is 14.4 Å². The summed E-state index contributed by atoms with van der Waals surface area (Å²) in [6, 6.07) is 6.55. The molecule has 0 spiro atoms. The molecule has 25 heavy (non-hydrogen) atoms. The number of carbonyl (C=O) groups is 1. The van der Waals surface area contributed by atoms with E-state index in [0.29, 0.717) is 18.1 Å². The van der Waals surface area contributed by atoms with Gasteiger partial charge < -0.3 is 10.2 Å². The fourth-order valence-corrected chi connectivity index (χ4v) is 3.46. The largest absolute Gasteiger partial charge is 0.360 e. The van der Waals surface area contributed by atoms with Crippen molar-refractivity contribution in [3.63, 3.8) is 0 Å². The molecule has 7 heteroatoms. The van der Waals surface area contributed by atoms with Gasteiger partial charge in [-0.3, -0.25) is 4.79 Å². The molecule has 2 aromatic rings. The van der Waals surface area contributed by atoms with Crippen LogP contribution in [-0.4, -0.2) is 26.8 Å². The van der Waals surface area contributed by atoms with E-state index in [9.17, 15) is 9.18 Å². The Kier molecular flexibility index (Phi) is 3.68. The van der Waals surface area contributed by atoms with Crippen molar-refractivity contribution in [2.24, 2.45) is 0 Å². The summed E-state index contributed by atoms with van der Waals surface area (Å²) in [5.41, 5.74) is 1.86. The molecule has 0 radical (unpaired) electrons. The number of carbonyl (C=O) groups excluding carboxylic acids is 1. The lowest BCUT2D eigenvalue weighted by atomic mass is 10.0. The third-order valence-corrected chi connectivity index (χ3v) is 5.07. The number of hydrogen-bond acceptors (Lipinski definition) is 4. The molecule has 1 N–H and O–H groups in total. The maximum absolute atomic E-state index is 13.2. The molecule has 130 valence electrons. The Morgan fingerprint density at radius 1 is 1.24 bits per heavy atom. The third kappa shape index (κ3) is 2.74. The molecule has 1 aliphatic carbocycles. The molecule has 1 aromatic carbocycles. The number of rotatable bonds is 4. The lowest BCUT2D eigenvalue weighted by molar-refractivity contribution is 0.0726. The van der Waals surface area contributed by atoms with E-state index in [1.54, 1.807) is 17.0 Å². The topological polar surface area (TPSA) is 58.1 Å². The average molecular weight is 361 g/mol. The molecule has 1 aliphatic heterocycles. The van der Waals surface area contributed by atoms with E-state index < -0.39 is 0 Å².